The molecule has 2 N–H and O–H groups in total. The van der Waals surface area contributed by atoms with Crippen molar-refractivity contribution in [1.82, 2.24) is 10.3 Å². The molecule has 2 unspecified atom stereocenters. The van der Waals surface area contributed by atoms with Gasteiger partial charge in [-0.3, -0.25) is 4.98 Å². The minimum Gasteiger partial charge on any atom is -0.388 e. The van der Waals surface area contributed by atoms with Gasteiger partial charge in [-0.05, 0) is 49.3 Å². The predicted octanol–water partition coefficient (Wildman–Crippen LogP) is 3.51. The van der Waals surface area contributed by atoms with Crippen LogP contribution < -0.4 is 5.32 Å². The van der Waals surface area contributed by atoms with Crippen LogP contribution in [-0.2, 0) is 6.42 Å². The van der Waals surface area contributed by atoms with Crippen molar-refractivity contribution in [3.05, 3.63) is 66.0 Å². The fourth-order valence-corrected chi connectivity index (χ4v) is 3.68. The fraction of sp³-hybridized carbons (Fsp3) is 0.476. The summed E-state index contributed by atoms with van der Waals surface area (Å²) in [6.45, 7) is 0.900. The monoisotopic (exact) mass is 322 g/mol. The molecule has 4 rings (SSSR count). The number of aliphatic hydroxyl groups is 1. The third-order valence-electron chi connectivity index (χ3n) is 5.65. The second-order valence-electron chi connectivity index (χ2n) is 7.53. The van der Waals surface area contributed by atoms with Crippen molar-refractivity contribution >= 4 is 0 Å². The van der Waals surface area contributed by atoms with Crippen molar-refractivity contribution in [2.75, 3.05) is 6.54 Å². The zero-order valence-electron chi connectivity index (χ0n) is 14.1. The average molecular weight is 322 g/mol. The summed E-state index contributed by atoms with van der Waals surface area (Å²) in [6, 6.07) is 16.7. The first-order valence-electron chi connectivity index (χ1n) is 9.13. The van der Waals surface area contributed by atoms with Crippen LogP contribution in [0.25, 0.3) is 0 Å². The Kier molecular flexibility index (Phi) is 4.38. The van der Waals surface area contributed by atoms with Gasteiger partial charge in [-0.25, -0.2) is 0 Å². The summed E-state index contributed by atoms with van der Waals surface area (Å²) in [7, 11) is 0. The summed E-state index contributed by atoms with van der Waals surface area (Å²) in [4.78, 5) is 4.48. The third-order valence-corrected chi connectivity index (χ3v) is 5.65. The third kappa shape index (κ3) is 3.52. The lowest BCUT2D eigenvalue weighted by atomic mass is 9.92. The number of nitrogens with one attached hydrogen (secondary N) is 1. The van der Waals surface area contributed by atoms with Gasteiger partial charge in [-0.1, -0.05) is 36.4 Å². The highest BCUT2D eigenvalue weighted by Crippen LogP contribution is 2.54. The van der Waals surface area contributed by atoms with Crippen molar-refractivity contribution in [2.45, 2.75) is 44.2 Å². The Bertz CT molecular complexity index is 650. The van der Waals surface area contributed by atoms with E-state index in [0.29, 0.717) is 6.04 Å². The Hall–Kier alpha value is -1.71. The quantitative estimate of drug-likeness (QED) is 0.782. The normalized spacial score (nSPS) is 21.2. The van der Waals surface area contributed by atoms with Crippen LogP contribution in [0.2, 0.25) is 0 Å². The number of rotatable bonds is 8. The highest BCUT2D eigenvalue weighted by atomic mass is 16.3. The van der Waals surface area contributed by atoms with Gasteiger partial charge in [0, 0.05) is 36.3 Å². The molecule has 126 valence electrons. The number of hydrogen-bond acceptors (Lipinski definition) is 3. The molecule has 0 amide bonds. The van der Waals surface area contributed by atoms with Crippen LogP contribution in [0.1, 0.15) is 43.0 Å². The minimum atomic E-state index is -0.360. The maximum Gasteiger partial charge on any atom is 0.0858 e. The first-order valence-corrected chi connectivity index (χ1v) is 9.13. The van der Waals surface area contributed by atoms with Crippen molar-refractivity contribution < 1.29 is 5.11 Å². The molecule has 1 heterocycles. The molecule has 0 aliphatic heterocycles. The molecular formula is C21H26N2O. The summed E-state index contributed by atoms with van der Waals surface area (Å²) in [6.07, 6.45) is 7.36. The van der Waals surface area contributed by atoms with E-state index in [1.807, 2.05) is 42.6 Å². The van der Waals surface area contributed by atoms with Gasteiger partial charge < -0.3 is 10.4 Å². The van der Waals surface area contributed by atoms with Crippen LogP contribution in [0.4, 0.5) is 0 Å². The van der Waals surface area contributed by atoms with Gasteiger partial charge in [0.2, 0.25) is 0 Å². The maximum atomic E-state index is 10.8. The second kappa shape index (κ2) is 6.66. The number of nitrogens with zero attached hydrogens (tertiary/aromatic N) is 1. The van der Waals surface area contributed by atoms with Crippen LogP contribution in [0.15, 0.2) is 54.7 Å². The number of aliphatic hydroxyl groups excluding tert-OH is 1. The van der Waals surface area contributed by atoms with Gasteiger partial charge in [-0.2, -0.15) is 0 Å². The second-order valence-corrected chi connectivity index (χ2v) is 7.53. The van der Waals surface area contributed by atoms with Crippen molar-refractivity contribution in [3.8, 4) is 0 Å². The Balaban J connectivity index is 1.39. The van der Waals surface area contributed by atoms with Gasteiger partial charge in [0.1, 0.15) is 0 Å². The molecule has 2 aliphatic carbocycles. The Morgan fingerprint density at radius 2 is 1.83 bits per heavy atom. The summed E-state index contributed by atoms with van der Waals surface area (Å²) >= 11 is 0. The topological polar surface area (TPSA) is 45.1 Å². The highest BCUT2D eigenvalue weighted by Gasteiger charge is 2.49. The fourth-order valence-electron chi connectivity index (χ4n) is 3.68. The first-order chi connectivity index (χ1) is 11.8. The number of aromatic nitrogens is 1. The van der Waals surface area contributed by atoms with Gasteiger partial charge in [-0.15, -0.1) is 0 Å². The smallest absolute Gasteiger partial charge is 0.0858 e. The molecule has 1 aromatic carbocycles. The summed E-state index contributed by atoms with van der Waals surface area (Å²) < 4.78 is 0. The van der Waals surface area contributed by atoms with Crippen LogP contribution in [0.3, 0.4) is 0 Å². The van der Waals surface area contributed by atoms with E-state index in [2.05, 4.69) is 22.4 Å². The lowest BCUT2D eigenvalue weighted by Gasteiger charge is -2.26. The van der Waals surface area contributed by atoms with E-state index in [9.17, 15) is 5.11 Å². The van der Waals surface area contributed by atoms with Crippen molar-refractivity contribution in [2.24, 2.45) is 11.3 Å². The Morgan fingerprint density at radius 1 is 1.08 bits per heavy atom. The molecule has 2 atom stereocenters. The van der Waals surface area contributed by atoms with Gasteiger partial charge in [0.15, 0.2) is 0 Å². The molecule has 3 heteroatoms. The first kappa shape index (κ1) is 15.8. The minimum absolute atomic E-state index is 0.0264. The molecule has 2 aromatic rings. The highest BCUT2D eigenvalue weighted by molar-refractivity contribution is 5.22. The van der Waals surface area contributed by atoms with Crippen LogP contribution in [-0.4, -0.2) is 22.7 Å². The number of pyridine rings is 1. The van der Waals surface area contributed by atoms with Crippen molar-refractivity contribution in [1.29, 1.82) is 0 Å². The molecule has 3 nitrogen and oxygen atoms in total. The molecule has 0 bridgehead atoms. The molecular weight excluding hydrogens is 296 g/mol. The lowest BCUT2D eigenvalue weighted by molar-refractivity contribution is 0.0893. The van der Waals surface area contributed by atoms with E-state index < -0.39 is 0 Å². The van der Waals surface area contributed by atoms with E-state index >= 15 is 0 Å². The standard InChI is InChI=1S/C21H26N2O/c24-20(17-6-2-1-3-7-17)21(11-12-21)15-23-19(16-9-10-16)14-18-8-4-5-13-22-18/h1-8,13,16,19-20,23-24H,9-12,14-15H2. The van der Waals surface area contributed by atoms with E-state index in [-0.39, 0.29) is 11.5 Å². The zero-order valence-corrected chi connectivity index (χ0v) is 14.1. The Labute approximate surface area is 144 Å². The van der Waals surface area contributed by atoms with Crippen LogP contribution in [0, 0.1) is 11.3 Å². The molecule has 2 saturated carbocycles. The molecule has 2 aliphatic rings. The van der Waals surface area contributed by atoms with Crippen molar-refractivity contribution in [3.63, 3.8) is 0 Å². The number of hydrogen-bond donors (Lipinski definition) is 2. The van der Waals surface area contributed by atoms with E-state index in [4.69, 9.17) is 0 Å². The molecule has 0 spiro atoms. The molecule has 0 radical (unpaired) electrons. The summed E-state index contributed by atoms with van der Waals surface area (Å²) in [5.74, 6) is 0.775. The number of benzene rings is 1. The van der Waals surface area contributed by atoms with E-state index in [1.54, 1.807) is 0 Å². The van der Waals surface area contributed by atoms with Gasteiger partial charge in [0.05, 0.1) is 6.10 Å². The molecule has 24 heavy (non-hydrogen) atoms. The van der Waals surface area contributed by atoms with E-state index in [0.717, 1.165) is 43.0 Å². The SMILES string of the molecule is OC(c1ccccc1)C1(CNC(Cc2ccccn2)C2CC2)CC1. The lowest BCUT2D eigenvalue weighted by Crippen LogP contribution is -2.39. The zero-order chi connectivity index (χ0) is 16.4. The average Bonchev–Trinajstić information content (AvgIpc) is 3.54. The van der Waals surface area contributed by atoms with Crippen LogP contribution >= 0.6 is 0 Å². The van der Waals surface area contributed by atoms with Gasteiger partial charge >= 0.3 is 0 Å². The molecule has 1 aromatic heterocycles. The largest absolute Gasteiger partial charge is 0.388 e. The Morgan fingerprint density at radius 3 is 2.46 bits per heavy atom. The maximum absolute atomic E-state index is 10.8. The molecule has 2 fully saturated rings. The van der Waals surface area contributed by atoms with Crippen LogP contribution in [0.5, 0.6) is 0 Å². The van der Waals surface area contributed by atoms with E-state index in [1.165, 1.54) is 12.8 Å². The predicted molar refractivity (Wildman–Crippen MR) is 95.5 cm³/mol. The molecule has 0 saturated heterocycles. The van der Waals surface area contributed by atoms with Gasteiger partial charge in [0.25, 0.3) is 0 Å². The summed E-state index contributed by atoms with van der Waals surface area (Å²) in [5, 5.41) is 14.6. The summed E-state index contributed by atoms with van der Waals surface area (Å²) in [5.41, 5.74) is 2.23.